The Bertz CT molecular complexity index is 2500. The number of aliphatic hydroxyl groups is 2. The van der Waals surface area contributed by atoms with Crippen LogP contribution >= 0.6 is 0 Å². The lowest BCUT2D eigenvalue weighted by atomic mass is 10.0. The molecule has 7 rings (SSSR count). The van der Waals surface area contributed by atoms with Crippen molar-refractivity contribution in [3.05, 3.63) is 89.5 Å². The molecule has 424 valence electrons. The van der Waals surface area contributed by atoms with Gasteiger partial charge in [-0.1, -0.05) is 62.4 Å². The summed E-state index contributed by atoms with van der Waals surface area (Å²) in [6.07, 6.45) is 4.36. The van der Waals surface area contributed by atoms with E-state index >= 15 is 0 Å². The van der Waals surface area contributed by atoms with Gasteiger partial charge in [-0.05, 0) is 126 Å². The second-order valence-corrected chi connectivity index (χ2v) is 21.5. The Kier molecular flexibility index (Phi) is 21.3. The molecule has 4 aliphatic rings. The standard InChI is InChI=1S/C58H82N10O10/c1-5-6-7-8-9-34-78-45-25-23-44(24-26-45)66-32-30-65(31-33-66)43-21-19-41(20-22-43)52(71)61-46-12-10-28-60-55(74)49-35-42(59)36-68(49)58(77)51(39(4)70)64-54(73)47(27-18-40-16-14-37(2)15-17-40)62-56(75)48-13-11-29-67(48)57(76)50(38(3)69)63-53(46)72/h14-17,19-26,38-39,42,46-51,69-70H,5-13,18,27-36,59H2,1-4H3,(H,60,74)(H,61,71)(H,62,75)(H,63,72)(H,64,73). The number of hydrogen-bond acceptors (Lipinski definition) is 13. The predicted molar refractivity (Wildman–Crippen MR) is 297 cm³/mol. The van der Waals surface area contributed by atoms with Crippen molar-refractivity contribution in [3.63, 3.8) is 0 Å². The number of nitrogens with zero attached hydrogens (tertiary/aromatic N) is 4. The number of carbonyl (C=O) groups excluding carboxylic acids is 7. The number of ether oxygens (including phenoxy) is 1. The van der Waals surface area contributed by atoms with Crippen LogP contribution in [0.25, 0.3) is 0 Å². The van der Waals surface area contributed by atoms with Crippen molar-refractivity contribution in [1.82, 2.24) is 36.4 Å². The summed E-state index contributed by atoms with van der Waals surface area (Å²) in [6, 6.07) is 14.7. The van der Waals surface area contributed by atoms with Crippen molar-refractivity contribution in [2.75, 3.05) is 62.2 Å². The summed E-state index contributed by atoms with van der Waals surface area (Å²) in [4.78, 5) is 106. The molecule has 3 aromatic rings. The van der Waals surface area contributed by atoms with Gasteiger partial charge in [0.25, 0.3) is 5.91 Å². The number of hydrogen-bond donors (Lipinski definition) is 8. The zero-order chi connectivity index (χ0) is 55.9. The van der Waals surface area contributed by atoms with Crippen molar-refractivity contribution >= 4 is 52.7 Å². The molecule has 0 spiro atoms. The monoisotopic (exact) mass is 1080 g/mol. The summed E-state index contributed by atoms with van der Waals surface area (Å²) in [5.74, 6) is -3.92. The van der Waals surface area contributed by atoms with Crippen LogP contribution in [0.3, 0.4) is 0 Å². The van der Waals surface area contributed by atoms with Gasteiger partial charge in [0.1, 0.15) is 42.0 Å². The Hall–Kier alpha value is -6.77. The number of fused-ring (bicyclic) bond motifs is 2. The zero-order valence-corrected chi connectivity index (χ0v) is 45.8. The minimum atomic E-state index is -1.53. The van der Waals surface area contributed by atoms with Crippen LogP contribution in [0.4, 0.5) is 11.4 Å². The van der Waals surface area contributed by atoms with E-state index in [9.17, 15) is 43.8 Å². The predicted octanol–water partition coefficient (Wildman–Crippen LogP) is 2.45. The first-order valence-electron chi connectivity index (χ1n) is 28.1. The molecule has 20 heteroatoms. The molecule has 4 heterocycles. The van der Waals surface area contributed by atoms with E-state index in [1.165, 1.54) is 49.3 Å². The molecule has 3 aromatic carbocycles. The SMILES string of the molecule is CCCCCCCOc1ccc(N2CCN(c3ccc(C(=O)NC4CCCNC(=O)C5CC(N)CN5C(=O)C(C(C)O)NC(=O)C(CCc5ccc(C)cc5)NC(=O)C5CCCN5C(=O)C(C(C)O)NC4=O)cc3)CC2)cc1. The van der Waals surface area contributed by atoms with Crippen LogP contribution in [0.15, 0.2) is 72.8 Å². The smallest absolute Gasteiger partial charge is 0.251 e. The fraction of sp³-hybridized carbons (Fsp3) is 0.569. The fourth-order valence-corrected chi connectivity index (χ4v) is 10.7. The van der Waals surface area contributed by atoms with Crippen LogP contribution in [0.1, 0.15) is 113 Å². The van der Waals surface area contributed by atoms with Crippen LogP contribution in [0.5, 0.6) is 5.75 Å². The number of anilines is 2. The Morgan fingerprint density at radius 2 is 1.29 bits per heavy atom. The first kappa shape index (κ1) is 58.9. The average molecular weight is 1080 g/mol. The van der Waals surface area contributed by atoms with Gasteiger partial charge in [0, 0.05) is 68.8 Å². The van der Waals surface area contributed by atoms with Gasteiger partial charge in [-0.2, -0.15) is 0 Å². The number of unbranched alkanes of at least 4 members (excludes halogenated alkanes) is 4. The number of rotatable bonds is 16. The Morgan fingerprint density at radius 1 is 0.692 bits per heavy atom. The Balaban J connectivity index is 1.05. The molecule has 0 aromatic heterocycles. The number of piperazine rings is 1. The number of carbonyl (C=O) groups is 7. The van der Waals surface area contributed by atoms with Gasteiger partial charge >= 0.3 is 0 Å². The highest BCUT2D eigenvalue weighted by molar-refractivity contribution is 6.00. The summed E-state index contributed by atoms with van der Waals surface area (Å²) >= 11 is 0. The van der Waals surface area contributed by atoms with E-state index in [0.29, 0.717) is 19.4 Å². The van der Waals surface area contributed by atoms with Gasteiger partial charge in [-0.15, -0.1) is 0 Å². The molecule has 4 fully saturated rings. The number of nitrogens with two attached hydrogens (primary N) is 1. The van der Waals surface area contributed by atoms with Gasteiger partial charge in [0.05, 0.1) is 18.8 Å². The number of aryl methyl sites for hydroxylation is 2. The maximum atomic E-state index is 14.4. The molecule has 9 atom stereocenters. The maximum Gasteiger partial charge on any atom is 0.251 e. The molecule has 4 aliphatic heterocycles. The van der Waals surface area contributed by atoms with E-state index in [-0.39, 0.29) is 57.3 Å². The van der Waals surface area contributed by atoms with Crippen LogP contribution in [-0.2, 0) is 35.2 Å². The van der Waals surface area contributed by atoms with Gasteiger partial charge < -0.3 is 66.9 Å². The van der Waals surface area contributed by atoms with Gasteiger partial charge in [-0.3, -0.25) is 33.6 Å². The quantitative estimate of drug-likeness (QED) is 0.0960. The fourth-order valence-electron chi connectivity index (χ4n) is 10.7. The van der Waals surface area contributed by atoms with E-state index in [2.05, 4.69) is 55.4 Å². The summed E-state index contributed by atoms with van der Waals surface area (Å²) in [7, 11) is 0. The summed E-state index contributed by atoms with van der Waals surface area (Å²) in [5.41, 5.74) is 10.6. The second kappa shape index (κ2) is 28.2. The molecule has 9 unspecified atom stereocenters. The molecule has 4 saturated heterocycles. The molecule has 0 radical (unpaired) electrons. The molecule has 78 heavy (non-hydrogen) atoms. The van der Waals surface area contributed by atoms with Gasteiger partial charge in [0.15, 0.2) is 0 Å². The maximum absolute atomic E-state index is 14.4. The molecule has 0 bridgehead atoms. The number of amides is 7. The second-order valence-electron chi connectivity index (χ2n) is 21.5. The number of nitrogens with one attached hydrogen (secondary N) is 5. The number of benzene rings is 3. The lowest BCUT2D eigenvalue weighted by molar-refractivity contribution is -0.145. The first-order valence-corrected chi connectivity index (χ1v) is 28.1. The molecular weight excluding hydrogens is 997 g/mol. The summed E-state index contributed by atoms with van der Waals surface area (Å²) in [5, 5.41) is 35.8. The molecule has 0 saturated carbocycles. The van der Waals surface area contributed by atoms with Crippen LogP contribution in [0, 0.1) is 6.92 Å². The Morgan fingerprint density at radius 3 is 1.92 bits per heavy atom. The van der Waals surface area contributed by atoms with Gasteiger partial charge in [-0.25, -0.2) is 0 Å². The van der Waals surface area contributed by atoms with Gasteiger partial charge in [0.2, 0.25) is 35.4 Å². The molecule has 20 nitrogen and oxygen atoms in total. The van der Waals surface area contributed by atoms with E-state index in [1.54, 1.807) is 12.1 Å². The average Bonchev–Trinajstić information content (AvgIpc) is 4.11. The summed E-state index contributed by atoms with van der Waals surface area (Å²) in [6.45, 7) is 10.7. The van der Waals surface area contributed by atoms with Crippen LogP contribution in [0.2, 0.25) is 0 Å². The third-order valence-electron chi connectivity index (χ3n) is 15.4. The van der Waals surface area contributed by atoms with Crippen molar-refractivity contribution in [2.45, 2.75) is 159 Å². The highest BCUT2D eigenvalue weighted by atomic mass is 16.5. The largest absolute Gasteiger partial charge is 0.494 e. The normalized spacial score (nSPS) is 24.9. The first-order chi connectivity index (χ1) is 37.5. The van der Waals surface area contributed by atoms with Crippen molar-refractivity contribution in [3.8, 4) is 5.75 Å². The molecule has 9 N–H and O–H groups in total. The van der Waals surface area contributed by atoms with E-state index < -0.39 is 95.9 Å². The van der Waals surface area contributed by atoms with Crippen molar-refractivity contribution < 1.29 is 48.5 Å². The highest BCUT2D eigenvalue weighted by Gasteiger charge is 2.44. The highest BCUT2D eigenvalue weighted by Crippen LogP contribution is 2.26. The zero-order valence-electron chi connectivity index (χ0n) is 45.8. The lowest BCUT2D eigenvalue weighted by Crippen LogP contribution is -2.61. The lowest BCUT2D eigenvalue weighted by Gasteiger charge is -2.37. The number of aliphatic hydroxyl groups excluding tert-OH is 2. The van der Waals surface area contributed by atoms with Crippen molar-refractivity contribution in [1.29, 1.82) is 0 Å². The minimum Gasteiger partial charge on any atom is -0.494 e. The third kappa shape index (κ3) is 15.7. The molecular formula is C58H82N10O10. The Labute approximate surface area is 458 Å². The van der Waals surface area contributed by atoms with E-state index in [1.807, 2.05) is 55.5 Å². The van der Waals surface area contributed by atoms with Crippen LogP contribution in [-0.4, -0.2) is 168 Å². The molecule has 0 aliphatic carbocycles. The van der Waals surface area contributed by atoms with Crippen LogP contribution < -0.4 is 46.9 Å². The minimum absolute atomic E-state index is 0.00836. The third-order valence-corrected chi connectivity index (χ3v) is 15.4. The summed E-state index contributed by atoms with van der Waals surface area (Å²) < 4.78 is 5.97. The topological polar surface area (TPSA) is 268 Å². The van der Waals surface area contributed by atoms with Crippen molar-refractivity contribution in [2.24, 2.45) is 5.73 Å². The molecule has 7 amide bonds. The van der Waals surface area contributed by atoms with E-state index in [0.717, 1.165) is 60.9 Å². The van der Waals surface area contributed by atoms with E-state index in [4.69, 9.17) is 10.5 Å².